The van der Waals surface area contributed by atoms with Gasteiger partial charge in [-0.1, -0.05) is 11.3 Å². The topological polar surface area (TPSA) is 92.2 Å². The summed E-state index contributed by atoms with van der Waals surface area (Å²) in [5, 5.41) is 9.86. The summed E-state index contributed by atoms with van der Waals surface area (Å²) in [4.78, 5) is 31.0. The van der Waals surface area contributed by atoms with Gasteiger partial charge in [0.25, 0.3) is 0 Å². The zero-order chi connectivity index (χ0) is 16.4. The number of anilines is 1. The molecule has 1 aromatic carbocycles. The fourth-order valence-electron chi connectivity index (χ4n) is 3.63. The van der Waals surface area contributed by atoms with Crippen LogP contribution in [0.15, 0.2) is 12.1 Å². The number of imide groups is 1. The quantitative estimate of drug-likeness (QED) is 0.847. The van der Waals surface area contributed by atoms with Crippen molar-refractivity contribution in [2.75, 3.05) is 24.7 Å². The van der Waals surface area contributed by atoms with Crippen molar-refractivity contribution >= 4 is 38.8 Å². The van der Waals surface area contributed by atoms with Crippen LogP contribution in [0.2, 0.25) is 0 Å². The smallest absolute Gasteiger partial charge is 0.415 e. The van der Waals surface area contributed by atoms with Crippen LogP contribution in [-0.2, 0) is 11.2 Å². The number of hydrogen-bond acceptors (Lipinski definition) is 6. The third-order valence-electron chi connectivity index (χ3n) is 4.73. The average Bonchev–Trinajstić information content (AvgIpc) is 3.27. The highest BCUT2D eigenvalue weighted by atomic mass is 32.1. The van der Waals surface area contributed by atoms with Crippen molar-refractivity contribution in [1.29, 1.82) is 0 Å². The molecule has 5 rings (SSSR count). The first-order valence-electron chi connectivity index (χ1n) is 7.63. The number of hydrogen-bond donors (Lipinski definition) is 1. The van der Waals surface area contributed by atoms with Gasteiger partial charge >= 0.3 is 12.1 Å². The average molecular weight is 347 g/mol. The maximum atomic E-state index is 12.6. The molecule has 2 unspecified atom stereocenters. The van der Waals surface area contributed by atoms with Crippen LogP contribution in [0.25, 0.3) is 10.2 Å². The number of nitrogens with zero attached hydrogens (tertiary/aromatic N) is 3. The second kappa shape index (κ2) is 4.81. The third kappa shape index (κ3) is 1.73. The van der Waals surface area contributed by atoms with Crippen molar-refractivity contribution in [2.24, 2.45) is 0 Å². The molecule has 1 aromatic heterocycles. The Kier molecular flexibility index (Phi) is 2.80. The van der Waals surface area contributed by atoms with Crippen molar-refractivity contribution in [3.05, 3.63) is 17.7 Å². The highest BCUT2D eigenvalue weighted by molar-refractivity contribution is 7.22. The Morgan fingerprint density at radius 1 is 1.33 bits per heavy atom. The molecule has 2 aromatic rings. The van der Waals surface area contributed by atoms with Crippen LogP contribution in [-0.4, -0.2) is 59.0 Å². The molecule has 8 nitrogen and oxygen atoms in total. The summed E-state index contributed by atoms with van der Waals surface area (Å²) in [5.74, 6) is 0.835. The van der Waals surface area contributed by atoms with Gasteiger partial charge in [0, 0.05) is 12.0 Å². The Balaban J connectivity index is 1.62. The highest BCUT2D eigenvalue weighted by Crippen LogP contribution is 2.41. The summed E-state index contributed by atoms with van der Waals surface area (Å²) in [6, 6.07) is 2.50. The van der Waals surface area contributed by atoms with Crippen LogP contribution in [0.5, 0.6) is 5.75 Å². The van der Waals surface area contributed by atoms with Crippen molar-refractivity contribution in [3.63, 3.8) is 0 Å². The van der Waals surface area contributed by atoms with Gasteiger partial charge in [0.05, 0.1) is 42.1 Å². The van der Waals surface area contributed by atoms with Crippen molar-refractivity contribution in [2.45, 2.75) is 18.5 Å². The minimum absolute atomic E-state index is 0.230. The zero-order valence-corrected chi connectivity index (χ0v) is 13.3. The van der Waals surface area contributed by atoms with E-state index in [0.717, 1.165) is 32.9 Å². The number of aromatic nitrogens is 1. The second-order valence-electron chi connectivity index (χ2n) is 5.96. The van der Waals surface area contributed by atoms with Gasteiger partial charge in [0.2, 0.25) is 0 Å². The molecule has 3 aliphatic rings. The number of carbonyl (C=O) groups is 2. The Morgan fingerprint density at radius 2 is 2.17 bits per heavy atom. The molecular formula is C15H13N3O5S. The van der Waals surface area contributed by atoms with E-state index in [9.17, 15) is 14.7 Å². The van der Waals surface area contributed by atoms with E-state index in [1.165, 1.54) is 16.2 Å². The fourth-order valence-corrected chi connectivity index (χ4v) is 4.68. The van der Waals surface area contributed by atoms with Gasteiger partial charge in [-0.15, -0.1) is 0 Å². The molecule has 1 N–H and O–H groups in total. The molecule has 0 spiro atoms. The molecule has 2 atom stereocenters. The van der Waals surface area contributed by atoms with Crippen molar-refractivity contribution in [3.8, 4) is 5.75 Å². The molecule has 0 saturated carbocycles. The highest BCUT2D eigenvalue weighted by Gasteiger charge is 2.53. The van der Waals surface area contributed by atoms with Crippen molar-refractivity contribution < 1.29 is 24.2 Å². The first-order valence-corrected chi connectivity index (χ1v) is 8.45. The van der Waals surface area contributed by atoms with Crippen LogP contribution < -0.4 is 9.64 Å². The predicted octanol–water partition coefficient (Wildman–Crippen LogP) is 1.92. The molecule has 2 fully saturated rings. The van der Waals surface area contributed by atoms with Crippen LogP contribution in [0, 0.1) is 0 Å². The monoisotopic (exact) mass is 347 g/mol. The third-order valence-corrected chi connectivity index (χ3v) is 5.75. The molecular weight excluding hydrogens is 334 g/mol. The van der Waals surface area contributed by atoms with Gasteiger partial charge in [0.1, 0.15) is 5.75 Å². The molecule has 0 bridgehead atoms. The van der Waals surface area contributed by atoms with E-state index < -0.39 is 18.2 Å². The Hall–Kier alpha value is -2.39. The largest absolute Gasteiger partial charge is 0.493 e. The van der Waals surface area contributed by atoms with Crippen LogP contribution in [0.4, 0.5) is 14.7 Å². The number of carbonyl (C=O) groups excluding carboxylic acids is 1. The van der Waals surface area contributed by atoms with Gasteiger partial charge < -0.3 is 14.6 Å². The summed E-state index contributed by atoms with van der Waals surface area (Å²) < 4.78 is 11.9. The van der Waals surface area contributed by atoms with Gasteiger partial charge in [-0.2, -0.15) is 0 Å². The van der Waals surface area contributed by atoms with Crippen LogP contribution >= 0.6 is 11.3 Å². The van der Waals surface area contributed by atoms with Gasteiger partial charge in [-0.05, 0) is 12.1 Å². The number of rotatable bonds is 1. The first kappa shape index (κ1) is 14.0. The maximum absolute atomic E-state index is 12.6. The summed E-state index contributed by atoms with van der Waals surface area (Å²) in [6.07, 6.45) is -0.460. The van der Waals surface area contributed by atoms with Crippen LogP contribution in [0.1, 0.15) is 5.56 Å². The lowest BCUT2D eigenvalue weighted by molar-refractivity contribution is 0.128. The first-order chi connectivity index (χ1) is 11.6. The Bertz CT molecular complexity index is 881. The van der Waals surface area contributed by atoms with E-state index in [-0.39, 0.29) is 12.6 Å². The molecule has 124 valence electrons. The molecule has 3 amide bonds. The standard InChI is InChI=1S/C15H13N3O5S/c19-14-17(8-5-22-6-9(8)18(14)15(20)21)13-16-12-7-3-4-23-10(7)1-2-11(12)24-13/h1-2,8-9H,3-6H2,(H,20,21). The SMILES string of the molecule is O=C(O)N1C(=O)N(c2nc3c4c(ccc3s2)OCC4)C2COCC21. The van der Waals surface area contributed by atoms with Crippen LogP contribution in [0.3, 0.4) is 0 Å². The van der Waals surface area contributed by atoms with Gasteiger partial charge in [-0.3, -0.25) is 4.90 Å². The van der Waals surface area contributed by atoms with Crippen molar-refractivity contribution in [1.82, 2.24) is 9.88 Å². The van der Waals surface area contributed by atoms with Gasteiger partial charge in [-0.25, -0.2) is 19.5 Å². The summed E-state index contributed by atoms with van der Waals surface area (Å²) in [5.41, 5.74) is 1.89. The lowest BCUT2D eigenvalue weighted by Gasteiger charge is -2.17. The van der Waals surface area contributed by atoms with E-state index in [4.69, 9.17) is 9.47 Å². The molecule has 24 heavy (non-hydrogen) atoms. The molecule has 0 aliphatic carbocycles. The van der Waals surface area contributed by atoms with E-state index in [1.807, 2.05) is 12.1 Å². The zero-order valence-electron chi connectivity index (χ0n) is 12.5. The number of amides is 3. The minimum atomic E-state index is -1.25. The summed E-state index contributed by atoms with van der Waals surface area (Å²) >= 11 is 1.39. The predicted molar refractivity (Wildman–Crippen MR) is 85.0 cm³/mol. The van der Waals surface area contributed by atoms with E-state index >= 15 is 0 Å². The van der Waals surface area contributed by atoms with E-state index in [1.54, 1.807) is 0 Å². The second-order valence-corrected chi connectivity index (χ2v) is 6.97. The minimum Gasteiger partial charge on any atom is -0.493 e. The molecule has 2 saturated heterocycles. The Labute approximate surface area is 140 Å². The molecule has 4 heterocycles. The number of fused-ring (bicyclic) bond motifs is 4. The molecule has 0 radical (unpaired) electrons. The number of carboxylic acid groups (broad SMARTS) is 1. The Morgan fingerprint density at radius 3 is 3.00 bits per heavy atom. The molecule has 9 heteroatoms. The maximum Gasteiger partial charge on any atom is 0.415 e. The fraction of sp³-hybridized carbons (Fsp3) is 0.400. The normalized spacial score (nSPS) is 25.2. The van der Waals surface area contributed by atoms with E-state index in [2.05, 4.69) is 4.98 Å². The number of benzene rings is 1. The summed E-state index contributed by atoms with van der Waals surface area (Å²) in [7, 11) is 0. The lowest BCUT2D eigenvalue weighted by atomic mass is 10.1. The lowest BCUT2D eigenvalue weighted by Crippen LogP contribution is -2.40. The van der Waals surface area contributed by atoms with Gasteiger partial charge in [0.15, 0.2) is 5.13 Å². The summed E-state index contributed by atoms with van der Waals surface area (Å²) in [6.45, 7) is 1.18. The number of thiazole rings is 1. The number of ether oxygens (including phenoxy) is 2. The molecule has 3 aliphatic heterocycles. The number of urea groups is 1. The van der Waals surface area contributed by atoms with E-state index in [0.29, 0.717) is 18.3 Å².